The summed E-state index contributed by atoms with van der Waals surface area (Å²) in [5, 5.41) is 0. The second kappa shape index (κ2) is 6.19. The number of hydrogen-bond acceptors (Lipinski definition) is 4. The summed E-state index contributed by atoms with van der Waals surface area (Å²) in [5.41, 5.74) is 3.35. The zero-order valence-electron chi connectivity index (χ0n) is 11.8. The summed E-state index contributed by atoms with van der Waals surface area (Å²) in [6.07, 6.45) is 1.69. The fourth-order valence-corrected chi connectivity index (χ4v) is 1.95. The van der Waals surface area contributed by atoms with Crippen LogP contribution >= 0.6 is 0 Å². The van der Waals surface area contributed by atoms with E-state index in [0.717, 1.165) is 16.7 Å². The quantitative estimate of drug-likeness (QED) is 0.801. The van der Waals surface area contributed by atoms with Crippen LogP contribution < -0.4 is 4.74 Å². The average Bonchev–Trinajstić information content (AvgIpc) is 2.47. The van der Waals surface area contributed by atoms with E-state index in [1.807, 2.05) is 31.2 Å². The van der Waals surface area contributed by atoms with Crippen molar-refractivity contribution in [2.75, 3.05) is 13.7 Å². The van der Waals surface area contributed by atoms with Gasteiger partial charge in [0.05, 0.1) is 13.7 Å². The largest absolute Gasteiger partial charge is 0.480 e. The number of carbonyl (C=O) groups is 1. The second-order valence-electron chi connectivity index (χ2n) is 4.37. The van der Waals surface area contributed by atoms with Gasteiger partial charge in [-0.2, -0.15) is 0 Å². The number of nitrogens with zero attached hydrogens (tertiary/aromatic N) is 1. The summed E-state index contributed by atoms with van der Waals surface area (Å²) < 4.78 is 10.1. The number of methoxy groups -OCH3 is 1. The number of aryl methyl sites for hydroxylation is 1. The molecule has 0 spiro atoms. The second-order valence-corrected chi connectivity index (χ2v) is 4.37. The van der Waals surface area contributed by atoms with Gasteiger partial charge in [0, 0.05) is 11.8 Å². The minimum Gasteiger partial charge on any atom is -0.480 e. The van der Waals surface area contributed by atoms with Crippen molar-refractivity contribution in [3.63, 3.8) is 0 Å². The van der Waals surface area contributed by atoms with Crippen molar-refractivity contribution < 1.29 is 14.3 Å². The highest BCUT2D eigenvalue weighted by Crippen LogP contribution is 2.25. The highest BCUT2D eigenvalue weighted by Gasteiger charge is 2.16. The smallest absolute Gasteiger partial charge is 0.343 e. The van der Waals surface area contributed by atoms with E-state index in [2.05, 4.69) is 4.98 Å². The molecule has 4 heteroatoms. The lowest BCUT2D eigenvalue weighted by Gasteiger charge is -2.09. The van der Waals surface area contributed by atoms with Crippen molar-refractivity contribution in [3.05, 3.63) is 47.7 Å². The first kappa shape index (κ1) is 14.1. The summed E-state index contributed by atoms with van der Waals surface area (Å²) in [7, 11) is 1.48. The molecule has 0 aliphatic heterocycles. The molecule has 2 aromatic rings. The van der Waals surface area contributed by atoms with Crippen LogP contribution in [0, 0.1) is 6.92 Å². The third-order valence-corrected chi connectivity index (χ3v) is 2.89. The fourth-order valence-electron chi connectivity index (χ4n) is 1.95. The van der Waals surface area contributed by atoms with Crippen LogP contribution in [0.1, 0.15) is 22.8 Å². The Labute approximate surface area is 118 Å². The Bertz CT molecular complexity index is 623. The highest BCUT2D eigenvalue weighted by atomic mass is 16.5. The molecule has 20 heavy (non-hydrogen) atoms. The van der Waals surface area contributed by atoms with Gasteiger partial charge in [0.2, 0.25) is 5.88 Å². The van der Waals surface area contributed by atoms with E-state index in [9.17, 15) is 4.79 Å². The molecule has 1 aromatic carbocycles. The Balaban J connectivity index is 2.46. The van der Waals surface area contributed by atoms with Gasteiger partial charge in [-0.05, 0) is 25.5 Å². The number of esters is 1. The maximum absolute atomic E-state index is 11.9. The molecule has 2 rings (SSSR count). The first-order valence-corrected chi connectivity index (χ1v) is 6.44. The average molecular weight is 271 g/mol. The van der Waals surface area contributed by atoms with Crippen molar-refractivity contribution in [1.82, 2.24) is 4.98 Å². The molecule has 0 radical (unpaired) electrons. The molecule has 104 valence electrons. The fraction of sp³-hybridized carbons (Fsp3) is 0.250. The van der Waals surface area contributed by atoms with Gasteiger partial charge in [-0.25, -0.2) is 9.78 Å². The van der Waals surface area contributed by atoms with Crippen molar-refractivity contribution in [2.24, 2.45) is 0 Å². The normalized spacial score (nSPS) is 10.2. The topological polar surface area (TPSA) is 48.4 Å². The molecule has 0 bridgehead atoms. The number of hydrogen-bond donors (Lipinski definition) is 0. The Kier molecular flexibility index (Phi) is 4.35. The van der Waals surface area contributed by atoms with E-state index in [4.69, 9.17) is 9.47 Å². The van der Waals surface area contributed by atoms with Crippen LogP contribution in [0.5, 0.6) is 5.88 Å². The SMILES string of the molecule is CCOC(=O)c1cc(-c2cccc(C)c2)cnc1OC. The number of ether oxygens (including phenoxy) is 2. The van der Waals surface area contributed by atoms with Crippen LogP contribution in [-0.4, -0.2) is 24.7 Å². The van der Waals surface area contributed by atoms with Crippen LogP contribution in [0.4, 0.5) is 0 Å². The zero-order valence-corrected chi connectivity index (χ0v) is 11.8. The highest BCUT2D eigenvalue weighted by molar-refractivity contribution is 5.93. The zero-order chi connectivity index (χ0) is 14.5. The Morgan fingerprint density at radius 3 is 2.70 bits per heavy atom. The minimum atomic E-state index is -0.425. The number of pyridine rings is 1. The molecular weight excluding hydrogens is 254 g/mol. The lowest BCUT2D eigenvalue weighted by atomic mass is 10.0. The number of aromatic nitrogens is 1. The van der Waals surface area contributed by atoms with Crippen LogP contribution in [0.3, 0.4) is 0 Å². The van der Waals surface area contributed by atoms with Crippen molar-refractivity contribution in [3.8, 4) is 17.0 Å². The van der Waals surface area contributed by atoms with Gasteiger partial charge in [0.25, 0.3) is 0 Å². The van der Waals surface area contributed by atoms with Gasteiger partial charge in [-0.1, -0.05) is 29.8 Å². The Morgan fingerprint density at radius 2 is 2.05 bits per heavy atom. The van der Waals surface area contributed by atoms with Crippen molar-refractivity contribution in [1.29, 1.82) is 0 Å². The first-order chi connectivity index (χ1) is 9.65. The maximum atomic E-state index is 11.9. The van der Waals surface area contributed by atoms with Crippen molar-refractivity contribution in [2.45, 2.75) is 13.8 Å². The predicted molar refractivity (Wildman–Crippen MR) is 76.9 cm³/mol. The lowest BCUT2D eigenvalue weighted by molar-refractivity contribution is 0.0522. The third-order valence-electron chi connectivity index (χ3n) is 2.89. The molecule has 4 nitrogen and oxygen atoms in total. The molecule has 0 saturated heterocycles. The first-order valence-electron chi connectivity index (χ1n) is 6.44. The molecule has 0 fully saturated rings. The predicted octanol–water partition coefficient (Wildman–Crippen LogP) is 3.24. The molecule has 1 aromatic heterocycles. The molecular formula is C16H17NO3. The molecule has 0 aliphatic carbocycles. The molecule has 0 amide bonds. The maximum Gasteiger partial charge on any atom is 0.343 e. The summed E-state index contributed by atoms with van der Waals surface area (Å²) in [6.45, 7) is 4.10. The molecule has 0 atom stereocenters. The number of carbonyl (C=O) groups excluding carboxylic acids is 1. The molecule has 1 heterocycles. The summed E-state index contributed by atoms with van der Waals surface area (Å²) in [4.78, 5) is 16.1. The number of rotatable bonds is 4. The van der Waals surface area contributed by atoms with Crippen LogP contribution in [0.2, 0.25) is 0 Å². The van der Waals surface area contributed by atoms with E-state index in [0.29, 0.717) is 12.2 Å². The van der Waals surface area contributed by atoms with Gasteiger partial charge in [-0.3, -0.25) is 0 Å². The standard InChI is InChI=1S/C16H17NO3/c1-4-20-16(18)14-9-13(10-17-15(14)19-3)12-7-5-6-11(2)8-12/h5-10H,4H2,1-3H3. The summed E-state index contributed by atoms with van der Waals surface area (Å²) in [6, 6.07) is 9.76. The third kappa shape index (κ3) is 2.96. The monoisotopic (exact) mass is 271 g/mol. The van der Waals surface area contributed by atoms with E-state index >= 15 is 0 Å². The van der Waals surface area contributed by atoms with E-state index in [-0.39, 0.29) is 5.88 Å². The van der Waals surface area contributed by atoms with Gasteiger partial charge in [0.15, 0.2) is 0 Å². The molecule has 0 saturated carbocycles. The van der Waals surface area contributed by atoms with Gasteiger partial charge >= 0.3 is 5.97 Å². The van der Waals surface area contributed by atoms with Crippen LogP contribution in [0.25, 0.3) is 11.1 Å². The van der Waals surface area contributed by atoms with E-state index in [1.54, 1.807) is 19.2 Å². The lowest BCUT2D eigenvalue weighted by Crippen LogP contribution is -2.08. The van der Waals surface area contributed by atoms with Gasteiger partial charge in [0.1, 0.15) is 5.56 Å². The summed E-state index contributed by atoms with van der Waals surface area (Å²) >= 11 is 0. The van der Waals surface area contributed by atoms with E-state index in [1.165, 1.54) is 7.11 Å². The number of benzene rings is 1. The van der Waals surface area contributed by atoms with Gasteiger partial charge < -0.3 is 9.47 Å². The minimum absolute atomic E-state index is 0.278. The van der Waals surface area contributed by atoms with Gasteiger partial charge in [-0.15, -0.1) is 0 Å². The van der Waals surface area contributed by atoms with Crippen LogP contribution in [-0.2, 0) is 4.74 Å². The van der Waals surface area contributed by atoms with Crippen LogP contribution in [0.15, 0.2) is 36.5 Å². The van der Waals surface area contributed by atoms with E-state index < -0.39 is 5.97 Å². The summed E-state index contributed by atoms with van der Waals surface area (Å²) in [5.74, 6) is -0.147. The Morgan fingerprint density at radius 1 is 1.25 bits per heavy atom. The Hall–Kier alpha value is -2.36. The molecule has 0 aliphatic rings. The molecule has 0 unspecified atom stereocenters. The van der Waals surface area contributed by atoms with Crippen molar-refractivity contribution >= 4 is 5.97 Å². The molecule has 0 N–H and O–H groups in total.